The van der Waals surface area contributed by atoms with E-state index in [-0.39, 0.29) is 10.9 Å². The van der Waals surface area contributed by atoms with Crippen LogP contribution in [0.4, 0.5) is 5.82 Å². The first-order chi connectivity index (χ1) is 12.4. The summed E-state index contributed by atoms with van der Waals surface area (Å²) in [6, 6.07) is 10.4. The van der Waals surface area contributed by atoms with Gasteiger partial charge in [0.25, 0.3) is 0 Å². The maximum atomic E-state index is 12.3. The number of hydrogen-bond acceptors (Lipinski definition) is 6. The van der Waals surface area contributed by atoms with Gasteiger partial charge in [-0.3, -0.25) is 4.57 Å². The van der Waals surface area contributed by atoms with Crippen LogP contribution >= 0.6 is 0 Å². The maximum absolute atomic E-state index is 12.3. The van der Waals surface area contributed by atoms with Gasteiger partial charge in [-0.25, -0.2) is 17.7 Å². The van der Waals surface area contributed by atoms with E-state index in [0.717, 1.165) is 5.56 Å². The molecule has 2 heterocycles. The van der Waals surface area contributed by atoms with Gasteiger partial charge < -0.3 is 5.32 Å². The fourth-order valence-electron chi connectivity index (χ4n) is 2.39. The van der Waals surface area contributed by atoms with Gasteiger partial charge in [-0.1, -0.05) is 12.1 Å². The molecular weight excluding hydrogens is 352 g/mol. The van der Waals surface area contributed by atoms with Crippen LogP contribution in [0.25, 0.3) is 5.82 Å². The molecule has 0 bridgehead atoms. The normalized spacial score (nSPS) is 12.9. The number of hydrogen-bond donors (Lipinski definition) is 1. The zero-order chi connectivity index (χ0) is 18.7. The molecule has 26 heavy (non-hydrogen) atoms. The fourth-order valence-corrected chi connectivity index (χ4v) is 3.35. The number of imidazole rings is 1. The van der Waals surface area contributed by atoms with Crippen LogP contribution in [0, 0.1) is 0 Å². The van der Waals surface area contributed by atoms with E-state index >= 15 is 0 Å². The number of nitrogens with one attached hydrogen (secondary N) is 1. The smallest absolute Gasteiger partial charge is 0.242 e. The number of aromatic nitrogens is 4. The Morgan fingerprint density at radius 2 is 1.96 bits per heavy atom. The third-order valence-corrected chi connectivity index (χ3v) is 5.73. The van der Waals surface area contributed by atoms with E-state index in [1.54, 1.807) is 41.5 Å². The number of nitrogens with zero attached hydrogens (tertiary/aromatic N) is 5. The summed E-state index contributed by atoms with van der Waals surface area (Å²) < 4.78 is 27.5. The van der Waals surface area contributed by atoms with Crippen LogP contribution < -0.4 is 5.32 Å². The van der Waals surface area contributed by atoms with E-state index in [4.69, 9.17) is 0 Å². The van der Waals surface area contributed by atoms with Crippen molar-refractivity contribution in [3.8, 4) is 5.82 Å². The molecule has 8 nitrogen and oxygen atoms in total. The molecule has 1 N–H and O–H groups in total. The molecule has 0 amide bonds. The topological polar surface area (TPSA) is 93.0 Å². The molecule has 2 aromatic heterocycles. The highest BCUT2D eigenvalue weighted by molar-refractivity contribution is 7.89. The van der Waals surface area contributed by atoms with Gasteiger partial charge >= 0.3 is 0 Å². The Hall–Kier alpha value is -2.78. The Labute approximate surface area is 152 Å². The second kappa shape index (κ2) is 7.22. The Bertz CT molecular complexity index is 969. The molecule has 3 rings (SSSR count). The molecule has 1 atom stereocenters. The molecule has 0 radical (unpaired) electrons. The van der Waals surface area contributed by atoms with Gasteiger partial charge in [0.15, 0.2) is 5.82 Å². The van der Waals surface area contributed by atoms with Crippen molar-refractivity contribution in [1.82, 2.24) is 24.1 Å². The molecule has 0 aliphatic rings. The SMILES string of the molecule is CC(Nc1ccc(-n2ccnc2)nn1)c1cccc(S(=O)(=O)N(C)C)c1. The standard InChI is InChI=1S/C17H20N6O2S/c1-13(14-5-4-6-15(11-14)26(24,25)22(2)3)19-16-7-8-17(21-20-16)23-10-9-18-12-23/h4-13H,1-3H3,(H,19,20). The highest BCUT2D eigenvalue weighted by atomic mass is 32.2. The Morgan fingerprint density at radius 3 is 2.58 bits per heavy atom. The van der Waals surface area contributed by atoms with E-state index in [0.29, 0.717) is 11.6 Å². The van der Waals surface area contributed by atoms with Crippen LogP contribution in [-0.2, 0) is 10.0 Å². The van der Waals surface area contributed by atoms with Crippen molar-refractivity contribution in [2.45, 2.75) is 17.9 Å². The maximum Gasteiger partial charge on any atom is 0.242 e. The average molecular weight is 372 g/mol. The number of sulfonamides is 1. The van der Waals surface area contributed by atoms with Crippen molar-refractivity contribution in [3.05, 3.63) is 60.7 Å². The Balaban J connectivity index is 1.77. The van der Waals surface area contributed by atoms with Crippen molar-refractivity contribution in [1.29, 1.82) is 0 Å². The van der Waals surface area contributed by atoms with E-state index in [1.807, 2.05) is 25.1 Å². The van der Waals surface area contributed by atoms with Gasteiger partial charge in [-0.15, -0.1) is 10.2 Å². The van der Waals surface area contributed by atoms with E-state index in [9.17, 15) is 8.42 Å². The zero-order valence-electron chi connectivity index (χ0n) is 14.7. The van der Waals surface area contributed by atoms with Crippen LogP contribution in [0.15, 0.2) is 60.0 Å². The molecule has 0 aliphatic heterocycles. The summed E-state index contributed by atoms with van der Waals surface area (Å²) in [5.41, 5.74) is 0.841. The molecule has 0 saturated carbocycles. The minimum absolute atomic E-state index is 0.138. The largest absolute Gasteiger partial charge is 0.362 e. The van der Waals surface area contributed by atoms with Crippen LogP contribution in [0.3, 0.4) is 0 Å². The number of benzene rings is 1. The van der Waals surface area contributed by atoms with Crippen LogP contribution in [-0.4, -0.2) is 46.6 Å². The summed E-state index contributed by atoms with van der Waals surface area (Å²) in [5, 5.41) is 11.6. The fraction of sp³-hybridized carbons (Fsp3) is 0.235. The van der Waals surface area contributed by atoms with Gasteiger partial charge in [-0.2, -0.15) is 0 Å². The first-order valence-electron chi connectivity index (χ1n) is 7.99. The Morgan fingerprint density at radius 1 is 1.15 bits per heavy atom. The monoisotopic (exact) mass is 372 g/mol. The minimum atomic E-state index is -3.47. The lowest BCUT2D eigenvalue weighted by Crippen LogP contribution is -2.22. The van der Waals surface area contributed by atoms with Gasteiger partial charge in [0, 0.05) is 26.5 Å². The van der Waals surface area contributed by atoms with Crippen molar-refractivity contribution >= 4 is 15.8 Å². The lowest BCUT2D eigenvalue weighted by Gasteiger charge is -2.17. The summed E-state index contributed by atoms with van der Waals surface area (Å²) in [6.45, 7) is 1.94. The summed E-state index contributed by atoms with van der Waals surface area (Å²) in [4.78, 5) is 4.24. The molecule has 1 aromatic carbocycles. The molecule has 0 spiro atoms. The van der Waals surface area contributed by atoms with E-state index < -0.39 is 10.0 Å². The summed E-state index contributed by atoms with van der Waals surface area (Å²) in [5.74, 6) is 1.27. The molecular formula is C17H20N6O2S. The quantitative estimate of drug-likeness (QED) is 0.712. The lowest BCUT2D eigenvalue weighted by molar-refractivity contribution is 0.520. The predicted octanol–water partition coefficient (Wildman–Crippen LogP) is 2.09. The van der Waals surface area contributed by atoms with E-state index in [1.165, 1.54) is 18.4 Å². The van der Waals surface area contributed by atoms with Gasteiger partial charge in [0.1, 0.15) is 12.1 Å². The first kappa shape index (κ1) is 18.0. The molecule has 0 fully saturated rings. The summed E-state index contributed by atoms with van der Waals surface area (Å²) >= 11 is 0. The number of rotatable bonds is 6. The van der Waals surface area contributed by atoms with Crippen LogP contribution in [0.1, 0.15) is 18.5 Å². The molecule has 136 valence electrons. The molecule has 0 aliphatic carbocycles. The van der Waals surface area contributed by atoms with Gasteiger partial charge in [-0.05, 0) is 36.8 Å². The molecule has 3 aromatic rings. The summed E-state index contributed by atoms with van der Waals surface area (Å²) in [7, 11) is -0.438. The van der Waals surface area contributed by atoms with Crippen molar-refractivity contribution in [3.63, 3.8) is 0 Å². The lowest BCUT2D eigenvalue weighted by atomic mass is 10.1. The van der Waals surface area contributed by atoms with E-state index in [2.05, 4.69) is 20.5 Å². The van der Waals surface area contributed by atoms with Gasteiger partial charge in [0.05, 0.1) is 10.9 Å². The molecule has 0 saturated heterocycles. The van der Waals surface area contributed by atoms with Crippen molar-refractivity contribution in [2.24, 2.45) is 0 Å². The molecule has 1 unspecified atom stereocenters. The van der Waals surface area contributed by atoms with Crippen molar-refractivity contribution < 1.29 is 8.42 Å². The van der Waals surface area contributed by atoms with Crippen LogP contribution in [0.2, 0.25) is 0 Å². The molecule has 9 heteroatoms. The highest BCUT2D eigenvalue weighted by Gasteiger charge is 2.18. The third kappa shape index (κ3) is 3.73. The zero-order valence-corrected chi connectivity index (χ0v) is 15.6. The predicted molar refractivity (Wildman–Crippen MR) is 98.5 cm³/mol. The third-order valence-electron chi connectivity index (χ3n) is 3.92. The minimum Gasteiger partial charge on any atom is -0.362 e. The summed E-state index contributed by atoms with van der Waals surface area (Å²) in [6.07, 6.45) is 5.11. The second-order valence-electron chi connectivity index (χ2n) is 5.97. The first-order valence-corrected chi connectivity index (χ1v) is 9.43. The Kier molecular flexibility index (Phi) is 5.01. The average Bonchev–Trinajstić information content (AvgIpc) is 3.17. The van der Waals surface area contributed by atoms with Gasteiger partial charge in [0.2, 0.25) is 10.0 Å². The number of anilines is 1. The van der Waals surface area contributed by atoms with Crippen LogP contribution in [0.5, 0.6) is 0 Å². The highest BCUT2D eigenvalue weighted by Crippen LogP contribution is 2.22. The van der Waals surface area contributed by atoms with Crippen molar-refractivity contribution in [2.75, 3.05) is 19.4 Å². The second-order valence-corrected chi connectivity index (χ2v) is 8.12.